The highest BCUT2D eigenvalue weighted by Crippen LogP contribution is 2.37. The van der Waals surface area contributed by atoms with Crippen LogP contribution in [0.1, 0.15) is 49.3 Å². The Balaban J connectivity index is 1.32. The number of benzene rings is 2. The van der Waals surface area contributed by atoms with Crippen molar-refractivity contribution >= 4 is 17.5 Å². The highest BCUT2D eigenvalue weighted by Gasteiger charge is 2.43. The molecule has 2 aromatic rings. The van der Waals surface area contributed by atoms with E-state index in [-0.39, 0.29) is 17.8 Å². The Morgan fingerprint density at radius 2 is 1.81 bits per heavy atom. The lowest BCUT2D eigenvalue weighted by atomic mass is 9.73. The largest absolute Gasteiger partial charge is 0.381 e. The predicted octanol–water partition coefficient (Wildman–Crippen LogP) is 4.37. The summed E-state index contributed by atoms with van der Waals surface area (Å²) in [5.74, 6) is -0.0605. The Labute approximate surface area is 194 Å². The normalized spacial score (nSPS) is 22.6. The van der Waals surface area contributed by atoms with Crippen molar-refractivity contribution in [1.82, 2.24) is 15.8 Å². The molecule has 1 amide bonds. The number of nitrogens with one attached hydrogen (secondary N) is 2. The fraction of sp³-hybridized carbons (Fsp3) is 0.480. The zero-order valence-electron chi connectivity index (χ0n) is 18.4. The number of likely N-dealkylation sites (N-methyl/N-ethyl adjacent to an activating group) is 1. The average Bonchev–Trinajstić information content (AvgIpc) is 3.29. The summed E-state index contributed by atoms with van der Waals surface area (Å²) in [6.07, 6.45) is 4.18. The maximum Gasteiger partial charge on any atom is 0.233 e. The number of hydrazine groups is 1. The highest BCUT2D eigenvalue weighted by atomic mass is 35.5. The maximum absolute atomic E-state index is 13.6. The van der Waals surface area contributed by atoms with Crippen LogP contribution in [-0.4, -0.2) is 43.7 Å². The van der Waals surface area contributed by atoms with Gasteiger partial charge in [-0.25, -0.2) is 4.39 Å². The summed E-state index contributed by atoms with van der Waals surface area (Å²) in [4.78, 5) is 15.5. The first kappa shape index (κ1) is 23.2. The molecule has 32 heavy (non-hydrogen) atoms. The minimum Gasteiger partial charge on any atom is -0.381 e. The number of amides is 1. The zero-order valence-corrected chi connectivity index (χ0v) is 19.2. The van der Waals surface area contributed by atoms with E-state index in [2.05, 4.69) is 10.9 Å². The maximum atomic E-state index is 13.6. The van der Waals surface area contributed by atoms with Crippen LogP contribution in [0.25, 0.3) is 0 Å². The SMILES string of the molecule is CN(CCCC1CC(c2ccc(F)cc2)NN1)C(=O)C1(c2ccc(Cl)cc2)CCOCC1. The first-order chi connectivity index (χ1) is 15.5. The second kappa shape index (κ2) is 10.3. The van der Waals surface area contributed by atoms with Gasteiger partial charge in [0.1, 0.15) is 5.82 Å². The predicted molar refractivity (Wildman–Crippen MR) is 124 cm³/mol. The molecule has 0 aromatic heterocycles. The third-order valence-electron chi connectivity index (χ3n) is 6.80. The van der Waals surface area contributed by atoms with Gasteiger partial charge in [-0.3, -0.25) is 15.6 Å². The molecule has 2 unspecified atom stereocenters. The van der Waals surface area contributed by atoms with Crippen molar-refractivity contribution in [2.75, 3.05) is 26.8 Å². The van der Waals surface area contributed by atoms with Gasteiger partial charge in [0.25, 0.3) is 0 Å². The van der Waals surface area contributed by atoms with E-state index in [1.165, 1.54) is 12.1 Å². The standard InChI is InChI=1S/C25H31ClFN3O2/c1-30(14-2-3-22-17-23(29-28-22)18-4-10-21(27)11-5-18)24(31)25(12-15-32-16-13-25)19-6-8-20(26)9-7-19/h4-11,22-23,28-29H,2-3,12-17H2,1H3. The quantitative estimate of drug-likeness (QED) is 0.645. The van der Waals surface area contributed by atoms with Crippen molar-refractivity contribution < 1.29 is 13.9 Å². The number of rotatable bonds is 7. The molecule has 0 saturated carbocycles. The molecule has 2 aliphatic heterocycles. The van der Waals surface area contributed by atoms with Crippen molar-refractivity contribution in [3.05, 3.63) is 70.5 Å². The Kier molecular flexibility index (Phi) is 7.46. The Morgan fingerprint density at radius 3 is 2.50 bits per heavy atom. The van der Waals surface area contributed by atoms with Crippen molar-refractivity contribution in [2.45, 2.75) is 49.6 Å². The van der Waals surface area contributed by atoms with Crippen LogP contribution in [0.3, 0.4) is 0 Å². The Bertz CT molecular complexity index is 900. The van der Waals surface area contributed by atoms with Crippen molar-refractivity contribution in [3.8, 4) is 0 Å². The second-order valence-corrected chi connectivity index (χ2v) is 9.33. The molecule has 172 valence electrons. The van der Waals surface area contributed by atoms with E-state index in [4.69, 9.17) is 16.3 Å². The average molecular weight is 460 g/mol. The van der Waals surface area contributed by atoms with E-state index in [0.29, 0.717) is 43.7 Å². The van der Waals surface area contributed by atoms with Crippen LogP contribution in [0.4, 0.5) is 4.39 Å². The van der Waals surface area contributed by atoms with E-state index >= 15 is 0 Å². The minimum absolute atomic E-state index is 0.157. The van der Waals surface area contributed by atoms with Gasteiger partial charge in [-0.15, -0.1) is 0 Å². The molecule has 2 saturated heterocycles. The lowest BCUT2D eigenvalue weighted by molar-refractivity contribution is -0.140. The number of carbonyl (C=O) groups excluding carboxylic acids is 1. The Morgan fingerprint density at radius 1 is 1.12 bits per heavy atom. The smallest absolute Gasteiger partial charge is 0.233 e. The van der Waals surface area contributed by atoms with E-state index in [9.17, 15) is 9.18 Å². The van der Waals surface area contributed by atoms with Crippen LogP contribution in [0, 0.1) is 5.82 Å². The summed E-state index contributed by atoms with van der Waals surface area (Å²) in [7, 11) is 1.90. The molecule has 2 aliphatic rings. The molecule has 0 spiro atoms. The first-order valence-electron chi connectivity index (χ1n) is 11.3. The monoisotopic (exact) mass is 459 g/mol. The van der Waals surface area contributed by atoms with Gasteiger partial charge in [-0.2, -0.15) is 0 Å². The second-order valence-electron chi connectivity index (χ2n) is 8.90. The topological polar surface area (TPSA) is 53.6 Å². The molecule has 2 fully saturated rings. The van der Waals surface area contributed by atoms with Gasteiger partial charge >= 0.3 is 0 Å². The molecule has 0 bridgehead atoms. The first-order valence-corrected chi connectivity index (χ1v) is 11.7. The van der Waals surface area contributed by atoms with Crippen LogP contribution in [0.5, 0.6) is 0 Å². The van der Waals surface area contributed by atoms with Crippen molar-refractivity contribution in [2.24, 2.45) is 0 Å². The fourth-order valence-electron chi connectivity index (χ4n) is 4.88. The summed E-state index contributed by atoms with van der Waals surface area (Å²) in [5.41, 5.74) is 8.22. The van der Waals surface area contributed by atoms with Gasteiger partial charge in [-0.1, -0.05) is 35.9 Å². The summed E-state index contributed by atoms with van der Waals surface area (Å²) in [6, 6.07) is 14.8. The van der Waals surface area contributed by atoms with E-state index < -0.39 is 5.41 Å². The Hall–Kier alpha value is -1.99. The molecule has 4 rings (SSSR count). The minimum atomic E-state index is -0.543. The summed E-state index contributed by atoms with van der Waals surface area (Å²) in [5, 5.41) is 0.674. The fourth-order valence-corrected chi connectivity index (χ4v) is 5.01. The molecule has 2 atom stereocenters. The lowest BCUT2D eigenvalue weighted by Crippen LogP contribution is -2.49. The van der Waals surface area contributed by atoms with Gasteiger partial charge in [0.05, 0.1) is 5.41 Å². The number of hydrogen-bond acceptors (Lipinski definition) is 4. The van der Waals surface area contributed by atoms with Crippen LogP contribution >= 0.6 is 11.6 Å². The summed E-state index contributed by atoms with van der Waals surface area (Å²) in [6.45, 7) is 1.88. The number of nitrogens with zero attached hydrogens (tertiary/aromatic N) is 1. The molecule has 5 nitrogen and oxygen atoms in total. The third kappa shape index (κ3) is 5.15. The molecular formula is C25H31ClFN3O2. The number of hydrogen-bond donors (Lipinski definition) is 2. The van der Waals surface area contributed by atoms with Crippen LogP contribution in [-0.2, 0) is 14.9 Å². The van der Waals surface area contributed by atoms with Crippen molar-refractivity contribution in [3.63, 3.8) is 0 Å². The van der Waals surface area contributed by atoms with Gasteiger partial charge in [0.15, 0.2) is 0 Å². The molecule has 0 radical (unpaired) electrons. The van der Waals surface area contributed by atoms with Gasteiger partial charge < -0.3 is 9.64 Å². The molecule has 2 aromatic carbocycles. The summed E-state index contributed by atoms with van der Waals surface area (Å²) >= 11 is 6.08. The van der Waals surface area contributed by atoms with E-state index in [1.807, 2.05) is 48.3 Å². The van der Waals surface area contributed by atoms with Gasteiger partial charge in [-0.05, 0) is 67.5 Å². The molecule has 0 aliphatic carbocycles. The zero-order chi connectivity index (χ0) is 22.6. The van der Waals surface area contributed by atoms with E-state index in [0.717, 1.165) is 30.4 Å². The number of halogens is 2. The van der Waals surface area contributed by atoms with E-state index in [1.54, 1.807) is 0 Å². The number of carbonyl (C=O) groups is 1. The lowest BCUT2D eigenvalue weighted by Gasteiger charge is -2.39. The molecule has 7 heteroatoms. The molecule has 2 N–H and O–H groups in total. The molecule has 2 heterocycles. The third-order valence-corrected chi connectivity index (χ3v) is 7.05. The highest BCUT2D eigenvalue weighted by molar-refractivity contribution is 6.30. The molecular weight excluding hydrogens is 429 g/mol. The number of ether oxygens (including phenoxy) is 1. The van der Waals surface area contributed by atoms with Crippen LogP contribution in [0.2, 0.25) is 5.02 Å². The van der Waals surface area contributed by atoms with Gasteiger partial charge in [0, 0.05) is 43.9 Å². The van der Waals surface area contributed by atoms with Crippen LogP contribution < -0.4 is 10.9 Å². The van der Waals surface area contributed by atoms with Crippen LogP contribution in [0.15, 0.2) is 48.5 Å². The van der Waals surface area contributed by atoms with Crippen molar-refractivity contribution in [1.29, 1.82) is 0 Å². The summed E-state index contributed by atoms with van der Waals surface area (Å²) < 4.78 is 18.7. The van der Waals surface area contributed by atoms with Gasteiger partial charge in [0.2, 0.25) is 5.91 Å².